The fraction of sp³-hybridized carbons (Fsp3) is 0.167. The van der Waals surface area contributed by atoms with Gasteiger partial charge in [0.1, 0.15) is 23.3 Å². The molecule has 2 aromatic carbocycles. The maximum Gasteiger partial charge on any atom is 0.272 e. The number of rotatable bonds is 7. The first kappa shape index (κ1) is 19.1. The summed E-state index contributed by atoms with van der Waals surface area (Å²) in [6.07, 6.45) is 1.25. The Balaban J connectivity index is 2.36. The van der Waals surface area contributed by atoms with Crippen molar-refractivity contribution in [3.8, 4) is 23.3 Å². The summed E-state index contributed by atoms with van der Waals surface area (Å²) in [6, 6.07) is 12.9. The SMILES string of the molecule is COc1ccc(NS(=O)(=O)/C(C#N)=C\c2cc(OC)cc(OC)c2)cc1. The lowest BCUT2D eigenvalue weighted by Crippen LogP contribution is -2.14. The topological polar surface area (TPSA) is 97.7 Å². The van der Waals surface area contributed by atoms with E-state index >= 15 is 0 Å². The molecule has 8 heteroatoms. The van der Waals surface area contributed by atoms with E-state index in [0.29, 0.717) is 28.5 Å². The second-order valence-electron chi connectivity index (χ2n) is 5.10. The van der Waals surface area contributed by atoms with Crippen LogP contribution >= 0.6 is 0 Å². The molecular formula is C18H18N2O5S. The lowest BCUT2D eigenvalue weighted by Gasteiger charge is -2.09. The van der Waals surface area contributed by atoms with E-state index in [2.05, 4.69) is 4.72 Å². The van der Waals surface area contributed by atoms with Crippen LogP contribution < -0.4 is 18.9 Å². The number of methoxy groups -OCH3 is 3. The Morgan fingerprint density at radius 3 is 1.96 bits per heavy atom. The van der Waals surface area contributed by atoms with Gasteiger partial charge in [-0.05, 0) is 48.0 Å². The Kier molecular flexibility index (Phi) is 6.09. The van der Waals surface area contributed by atoms with E-state index in [0.717, 1.165) is 0 Å². The zero-order chi connectivity index (χ0) is 19.2. The monoisotopic (exact) mass is 374 g/mol. The Hall–Kier alpha value is -3.18. The van der Waals surface area contributed by atoms with Crippen LogP contribution in [-0.2, 0) is 10.0 Å². The van der Waals surface area contributed by atoms with E-state index in [1.807, 2.05) is 0 Å². The normalized spacial score (nSPS) is 11.4. The highest BCUT2D eigenvalue weighted by atomic mass is 32.2. The Labute approximate surface area is 152 Å². The number of anilines is 1. The number of nitriles is 1. The fourth-order valence-electron chi connectivity index (χ4n) is 2.10. The van der Waals surface area contributed by atoms with E-state index in [4.69, 9.17) is 14.2 Å². The second kappa shape index (κ2) is 8.27. The molecule has 0 radical (unpaired) electrons. The number of nitrogens with zero attached hydrogens (tertiary/aromatic N) is 1. The molecule has 0 spiro atoms. The van der Waals surface area contributed by atoms with Gasteiger partial charge >= 0.3 is 0 Å². The van der Waals surface area contributed by atoms with E-state index in [1.165, 1.54) is 27.4 Å². The molecule has 0 heterocycles. The summed E-state index contributed by atoms with van der Waals surface area (Å²) in [7, 11) is 0.420. The second-order valence-corrected chi connectivity index (χ2v) is 6.75. The minimum absolute atomic E-state index is 0.315. The minimum atomic E-state index is -4.05. The van der Waals surface area contributed by atoms with Crippen molar-refractivity contribution in [3.05, 3.63) is 52.9 Å². The molecule has 0 amide bonds. The van der Waals surface area contributed by atoms with E-state index in [9.17, 15) is 13.7 Å². The highest BCUT2D eigenvalue weighted by Crippen LogP contribution is 2.25. The summed E-state index contributed by atoms with van der Waals surface area (Å²) in [5, 5.41) is 9.32. The smallest absolute Gasteiger partial charge is 0.272 e. The van der Waals surface area contributed by atoms with Crippen LogP contribution in [0.1, 0.15) is 5.56 Å². The van der Waals surface area contributed by atoms with Crippen LogP contribution in [0.15, 0.2) is 47.4 Å². The van der Waals surface area contributed by atoms with Crippen molar-refractivity contribution in [1.82, 2.24) is 0 Å². The predicted octanol–water partition coefficient (Wildman–Crippen LogP) is 3.02. The first-order valence-corrected chi connectivity index (χ1v) is 8.92. The molecule has 136 valence electrons. The third-order valence-corrected chi connectivity index (χ3v) is 4.71. The molecule has 0 saturated heterocycles. The Morgan fingerprint density at radius 2 is 1.50 bits per heavy atom. The molecule has 0 unspecified atom stereocenters. The zero-order valence-corrected chi connectivity index (χ0v) is 15.3. The molecule has 7 nitrogen and oxygen atoms in total. The first-order chi connectivity index (χ1) is 12.4. The first-order valence-electron chi connectivity index (χ1n) is 7.43. The third-order valence-electron chi connectivity index (χ3n) is 3.41. The molecule has 0 fully saturated rings. The van der Waals surface area contributed by atoms with Crippen molar-refractivity contribution >= 4 is 21.8 Å². The number of sulfonamides is 1. The maximum atomic E-state index is 12.5. The van der Waals surface area contributed by atoms with E-state index in [-0.39, 0.29) is 0 Å². The average Bonchev–Trinajstić information content (AvgIpc) is 2.65. The number of allylic oxidation sites excluding steroid dienone is 1. The standard InChI is InChI=1S/C18H18N2O5S/c1-23-15-6-4-14(5-7-15)20-26(21,22)18(12-19)10-13-8-16(24-2)11-17(9-13)25-3/h4-11,20H,1-3H3/b18-10-. The molecule has 1 N–H and O–H groups in total. The summed E-state index contributed by atoms with van der Waals surface area (Å²) in [4.78, 5) is -0.441. The average molecular weight is 374 g/mol. The fourth-order valence-corrected chi connectivity index (χ4v) is 3.07. The number of hydrogen-bond acceptors (Lipinski definition) is 6. The number of hydrogen-bond donors (Lipinski definition) is 1. The lowest BCUT2D eigenvalue weighted by atomic mass is 10.2. The van der Waals surface area contributed by atoms with Crippen LogP contribution in [0, 0.1) is 11.3 Å². The molecule has 26 heavy (non-hydrogen) atoms. The molecule has 0 aliphatic heterocycles. The van der Waals surface area contributed by atoms with E-state index < -0.39 is 14.9 Å². The van der Waals surface area contributed by atoms with Crippen LogP contribution in [0.2, 0.25) is 0 Å². The van der Waals surface area contributed by atoms with Crippen LogP contribution in [-0.4, -0.2) is 29.7 Å². The summed E-state index contributed by atoms with van der Waals surface area (Å²) in [5.41, 5.74) is 0.771. The highest BCUT2D eigenvalue weighted by Gasteiger charge is 2.18. The third kappa shape index (κ3) is 4.68. The van der Waals surface area contributed by atoms with Gasteiger partial charge in [-0.1, -0.05) is 0 Å². The zero-order valence-electron chi connectivity index (χ0n) is 14.5. The van der Waals surface area contributed by atoms with Crippen molar-refractivity contribution in [1.29, 1.82) is 5.26 Å². The Bertz CT molecular complexity index is 922. The maximum absolute atomic E-state index is 12.5. The van der Waals surface area contributed by atoms with Crippen LogP contribution in [0.4, 0.5) is 5.69 Å². The van der Waals surface area contributed by atoms with Gasteiger partial charge < -0.3 is 14.2 Å². The van der Waals surface area contributed by atoms with Gasteiger partial charge in [0.2, 0.25) is 0 Å². The van der Waals surface area contributed by atoms with Crippen molar-refractivity contribution < 1.29 is 22.6 Å². The van der Waals surface area contributed by atoms with Gasteiger partial charge in [0, 0.05) is 11.8 Å². The van der Waals surface area contributed by atoms with Crippen molar-refractivity contribution in [2.24, 2.45) is 0 Å². The van der Waals surface area contributed by atoms with Crippen molar-refractivity contribution in [3.63, 3.8) is 0 Å². The van der Waals surface area contributed by atoms with E-state index in [1.54, 1.807) is 48.5 Å². The Morgan fingerprint density at radius 1 is 0.962 bits per heavy atom. The van der Waals surface area contributed by atoms with Gasteiger partial charge in [-0.3, -0.25) is 4.72 Å². The predicted molar refractivity (Wildman–Crippen MR) is 98.7 cm³/mol. The van der Waals surface area contributed by atoms with Gasteiger partial charge in [-0.2, -0.15) is 5.26 Å². The molecule has 0 atom stereocenters. The van der Waals surface area contributed by atoms with Gasteiger partial charge in [-0.25, -0.2) is 8.42 Å². The van der Waals surface area contributed by atoms with Crippen LogP contribution in [0.5, 0.6) is 17.2 Å². The molecule has 2 rings (SSSR count). The minimum Gasteiger partial charge on any atom is -0.497 e. The summed E-state index contributed by atoms with van der Waals surface area (Å²) in [5.74, 6) is 1.55. The van der Waals surface area contributed by atoms with Crippen molar-refractivity contribution in [2.75, 3.05) is 26.1 Å². The van der Waals surface area contributed by atoms with Gasteiger partial charge in [0.05, 0.1) is 21.3 Å². The number of benzene rings is 2. The number of nitrogens with one attached hydrogen (secondary N) is 1. The molecule has 0 aromatic heterocycles. The molecule has 0 aliphatic rings. The van der Waals surface area contributed by atoms with Gasteiger partial charge in [-0.15, -0.1) is 0 Å². The number of ether oxygens (including phenoxy) is 3. The van der Waals surface area contributed by atoms with Gasteiger partial charge in [0.15, 0.2) is 4.91 Å². The van der Waals surface area contributed by atoms with Gasteiger partial charge in [0.25, 0.3) is 10.0 Å². The lowest BCUT2D eigenvalue weighted by molar-refractivity contribution is 0.394. The van der Waals surface area contributed by atoms with Crippen LogP contribution in [0.3, 0.4) is 0 Å². The summed E-state index contributed by atoms with van der Waals surface area (Å²) in [6.45, 7) is 0. The van der Waals surface area contributed by atoms with Crippen molar-refractivity contribution in [2.45, 2.75) is 0 Å². The molecule has 0 aliphatic carbocycles. The highest BCUT2D eigenvalue weighted by molar-refractivity contribution is 7.96. The largest absolute Gasteiger partial charge is 0.497 e. The molecule has 2 aromatic rings. The summed E-state index contributed by atoms with van der Waals surface area (Å²) < 4.78 is 42.7. The van der Waals surface area contributed by atoms with Crippen LogP contribution in [0.25, 0.3) is 6.08 Å². The molecule has 0 saturated carbocycles. The molecule has 0 bridgehead atoms. The summed E-state index contributed by atoms with van der Waals surface area (Å²) >= 11 is 0. The quantitative estimate of drug-likeness (QED) is 0.748. The molecular weight excluding hydrogens is 356 g/mol.